The number of nitrogens with two attached hydrogens (primary N) is 1. The van der Waals surface area contributed by atoms with E-state index in [1.807, 2.05) is 4.98 Å². The van der Waals surface area contributed by atoms with Crippen LogP contribution in [0.25, 0.3) is 0 Å². The first-order valence-electron chi connectivity index (χ1n) is 3.13. The van der Waals surface area contributed by atoms with Crippen molar-refractivity contribution < 1.29 is 17.9 Å². The summed E-state index contributed by atoms with van der Waals surface area (Å²) in [5.41, 5.74) is 4.46. The van der Waals surface area contributed by atoms with Gasteiger partial charge in [0.15, 0.2) is 5.75 Å². The van der Waals surface area contributed by atoms with Crippen LogP contribution in [0.3, 0.4) is 0 Å². The fourth-order valence-electron chi connectivity index (χ4n) is 0.691. The van der Waals surface area contributed by atoms with Crippen LogP contribution in [0.1, 0.15) is 0 Å². The Kier molecular flexibility index (Phi) is 2.18. The number of anilines is 1. The van der Waals surface area contributed by atoms with Crippen molar-refractivity contribution in [1.82, 2.24) is 4.98 Å². The predicted octanol–water partition coefficient (Wildman–Crippen LogP) is 0.856. The van der Waals surface area contributed by atoms with Gasteiger partial charge in [-0.05, 0) is 6.07 Å². The number of nitrogen functional groups attached to an aromatic ring is 1. The van der Waals surface area contributed by atoms with Crippen molar-refractivity contribution in [3.63, 3.8) is 0 Å². The highest BCUT2D eigenvalue weighted by Gasteiger charge is 2.32. The molecule has 0 unspecified atom stereocenters. The second-order valence-electron chi connectivity index (χ2n) is 2.15. The molecule has 13 heavy (non-hydrogen) atoms. The minimum Gasteiger partial charge on any atom is -0.402 e. The maximum Gasteiger partial charge on any atom is 0.573 e. The van der Waals surface area contributed by atoms with Crippen LogP contribution in [0, 0.1) is 0 Å². The van der Waals surface area contributed by atoms with E-state index in [0.29, 0.717) is 0 Å². The molecule has 72 valence electrons. The van der Waals surface area contributed by atoms with Crippen molar-refractivity contribution >= 4 is 5.82 Å². The lowest BCUT2D eigenvalue weighted by Crippen LogP contribution is -2.19. The number of nitrogens with one attached hydrogen (secondary N) is 1. The summed E-state index contributed by atoms with van der Waals surface area (Å²) in [4.78, 5) is 12.5. The summed E-state index contributed by atoms with van der Waals surface area (Å²) in [5.74, 6) is -1.07. The minimum atomic E-state index is -4.81. The largest absolute Gasteiger partial charge is 0.573 e. The van der Waals surface area contributed by atoms with E-state index in [0.717, 1.165) is 12.1 Å². The summed E-state index contributed by atoms with van der Waals surface area (Å²) in [6.45, 7) is 0. The number of aromatic nitrogens is 1. The molecule has 0 aromatic carbocycles. The lowest BCUT2D eigenvalue weighted by molar-refractivity contribution is -0.274. The highest BCUT2D eigenvalue weighted by atomic mass is 19.4. The van der Waals surface area contributed by atoms with Gasteiger partial charge in [0.1, 0.15) is 5.82 Å². The number of aromatic amines is 1. The average Bonchev–Trinajstić information content (AvgIpc) is 1.93. The van der Waals surface area contributed by atoms with Gasteiger partial charge in [-0.2, -0.15) is 0 Å². The molecule has 1 aromatic heterocycles. The van der Waals surface area contributed by atoms with Crippen LogP contribution < -0.4 is 16.0 Å². The first-order chi connectivity index (χ1) is 5.88. The Labute approximate surface area is 70.1 Å². The first-order valence-corrected chi connectivity index (χ1v) is 3.13. The Morgan fingerprint density at radius 1 is 1.38 bits per heavy atom. The molecule has 1 aromatic rings. The number of alkyl halides is 3. The molecule has 0 bridgehead atoms. The second-order valence-corrected chi connectivity index (χ2v) is 2.15. The number of pyridine rings is 1. The maximum atomic E-state index is 11.7. The Bertz CT molecular complexity index is 358. The molecule has 0 fully saturated rings. The molecule has 0 radical (unpaired) electrons. The maximum absolute atomic E-state index is 11.7. The molecule has 4 nitrogen and oxygen atoms in total. The molecule has 0 saturated carbocycles. The fraction of sp³-hybridized carbons (Fsp3) is 0.167. The number of halogens is 3. The predicted molar refractivity (Wildman–Crippen MR) is 38.2 cm³/mol. The van der Waals surface area contributed by atoms with Crippen LogP contribution in [0.4, 0.5) is 19.0 Å². The van der Waals surface area contributed by atoms with Crippen molar-refractivity contribution in [2.45, 2.75) is 6.36 Å². The molecule has 1 heterocycles. The summed E-state index contributed by atoms with van der Waals surface area (Å²) >= 11 is 0. The topological polar surface area (TPSA) is 68.1 Å². The van der Waals surface area contributed by atoms with E-state index < -0.39 is 23.5 Å². The third kappa shape index (κ3) is 2.69. The van der Waals surface area contributed by atoms with Gasteiger partial charge in [0.25, 0.3) is 0 Å². The molecule has 0 aliphatic carbocycles. The highest BCUT2D eigenvalue weighted by Crippen LogP contribution is 2.24. The van der Waals surface area contributed by atoms with Gasteiger partial charge in [0.2, 0.25) is 5.56 Å². The van der Waals surface area contributed by atoms with Crippen LogP contribution in [0.15, 0.2) is 16.9 Å². The molecule has 0 aliphatic heterocycles. The lowest BCUT2D eigenvalue weighted by atomic mass is 10.4. The Morgan fingerprint density at radius 2 is 2.00 bits per heavy atom. The van der Waals surface area contributed by atoms with Crippen molar-refractivity contribution in [3.05, 3.63) is 22.5 Å². The van der Waals surface area contributed by atoms with Crippen molar-refractivity contribution in [2.24, 2.45) is 0 Å². The van der Waals surface area contributed by atoms with Gasteiger partial charge in [0.05, 0.1) is 0 Å². The van der Waals surface area contributed by atoms with E-state index in [9.17, 15) is 18.0 Å². The van der Waals surface area contributed by atoms with Crippen LogP contribution in [-0.2, 0) is 0 Å². The molecular weight excluding hydrogens is 189 g/mol. The first kappa shape index (κ1) is 9.43. The Hall–Kier alpha value is -1.66. The van der Waals surface area contributed by atoms with Crippen molar-refractivity contribution in [3.8, 4) is 5.75 Å². The van der Waals surface area contributed by atoms with E-state index in [1.54, 1.807) is 0 Å². The summed E-state index contributed by atoms with van der Waals surface area (Å²) in [6.07, 6.45) is -4.81. The molecule has 3 N–H and O–H groups in total. The molecule has 0 atom stereocenters. The van der Waals surface area contributed by atoms with Crippen molar-refractivity contribution in [1.29, 1.82) is 0 Å². The molecular formula is C6H5F3N2O2. The number of rotatable bonds is 1. The van der Waals surface area contributed by atoms with Crippen LogP contribution in [-0.4, -0.2) is 11.3 Å². The third-order valence-electron chi connectivity index (χ3n) is 1.14. The van der Waals surface area contributed by atoms with Gasteiger partial charge in [0, 0.05) is 6.07 Å². The van der Waals surface area contributed by atoms with Crippen LogP contribution in [0.2, 0.25) is 0 Å². The van der Waals surface area contributed by atoms with E-state index in [4.69, 9.17) is 5.73 Å². The van der Waals surface area contributed by atoms with E-state index in [-0.39, 0.29) is 0 Å². The standard InChI is InChI=1S/C6H5F3N2O2/c7-6(8,9)13-3-1-2-4(12)11-5(3)10/h1-2H,(H3,10,11,12). The number of hydrogen-bond donors (Lipinski definition) is 2. The van der Waals surface area contributed by atoms with Gasteiger partial charge in [-0.15, -0.1) is 13.2 Å². The smallest absolute Gasteiger partial charge is 0.402 e. The van der Waals surface area contributed by atoms with Crippen LogP contribution >= 0.6 is 0 Å². The molecule has 7 heteroatoms. The highest BCUT2D eigenvalue weighted by molar-refractivity contribution is 5.44. The normalized spacial score (nSPS) is 11.3. The summed E-state index contributed by atoms with van der Waals surface area (Å²) in [6, 6.07) is 1.74. The zero-order valence-corrected chi connectivity index (χ0v) is 6.18. The monoisotopic (exact) mass is 194 g/mol. The van der Waals surface area contributed by atoms with E-state index in [2.05, 4.69) is 4.74 Å². The van der Waals surface area contributed by atoms with E-state index >= 15 is 0 Å². The Morgan fingerprint density at radius 3 is 2.46 bits per heavy atom. The van der Waals surface area contributed by atoms with Gasteiger partial charge < -0.3 is 15.5 Å². The molecule has 0 saturated heterocycles. The fourth-order valence-corrected chi connectivity index (χ4v) is 0.691. The zero-order valence-electron chi connectivity index (χ0n) is 6.18. The summed E-state index contributed by atoms with van der Waals surface area (Å²) < 4.78 is 38.4. The zero-order chi connectivity index (χ0) is 10.1. The average molecular weight is 194 g/mol. The third-order valence-corrected chi connectivity index (χ3v) is 1.14. The van der Waals surface area contributed by atoms with E-state index in [1.165, 1.54) is 0 Å². The lowest BCUT2D eigenvalue weighted by Gasteiger charge is -2.09. The SMILES string of the molecule is Nc1[nH]c(=O)ccc1OC(F)(F)F. The summed E-state index contributed by atoms with van der Waals surface area (Å²) in [5, 5.41) is 0. The number of ether oxygens (including phenoxy) is 1. The molecule has 0 aliphatic rings. The van der Waals surface area contributed by atoms with Crippen LogP contribution in [0.5, 0.6) is 5.75 Å². The number of hydrogen-bond acceptors (Lipinski definition) is 3. The molecule has 0 amide bonds. The Balaban J connectivity index is 2.97. The van der Waals surface area contributed by atoms with Gasteiger partial charge >= 0.3 is 6.36 Å². The van der Waals surface area contributed by atoms with Gasteiger partial charge in [-0.1, -0.05) is 0 Å². The summed E-state index contributed by atoms with van der Waals surface area (Å²) in [7, 11) is 0. The number of H-pyrrole nitrogens is 1. The minimum absolute atomic E-state index is 0.454. The quantitative estimate of drug-likeness (QED) is 0.696. The van der Waals surface area contributed by atoms with Gasteiger partial charge in [-0.3, -0.25) is 4.79 Å². The molecule has 1 rings (SSSR count). The van der Waals surface area contributed by atoms with Crippen molar-refractivity contribution in [2.75, 3.05) is 5.73 Å². The van der Waals surface area contributed by atoms with Gasteiger partial charge in [-0.25, -0.2) is 0 Å². The molecule has 0 spiro atoms. The second kappa shape index (κ2) is 3.00.